The molecule has 5 nitrogen and oxygen atoms in total. The van der Waals surface area contributed by atoms with Crippen molar-refractivity contribution in [2.75, 3.05) is 12.8 Å². The van der Waals surface area contributed by atoms with Crippen molar-refractivity contribution < 1.29 is 14.6 Å². The number of carboxylic acid groups (broad SMARTS) is 1. The van der Waals surface area contributed by atoms with Crippen LogP contribution in [0.15, 0.2) is 22.7 Å². The van der Waals surface area contributed by atoms with E-state index in [-0.39, 0.29) is 10.8 Å². The third kappa shape index (κ3) is 2.32. The Morgan fingerprint density at radius 3 is 2.89 bits per heavy atom. The average Bonchev–Trinajstić information content (AvgIpc) is 2.71. The van der Waals surface area contributed by atoms with Gasteiger partial charge in [-0.05, 0) is 18.2 Å². The van der Waals surface area contributed by atoms with Gasteiger partial charge in [-0.15, -0.1) is 0 Å². The predicted octanol–water partition coefficient (Wildman–Crippen LogP) is 2.86. The molecule has 1 aromatic heterocycles. The fourth-order valence-corrected chi connectivity index (χ4v) is 2.73. The van der Waals surface area contributed by atoms with Crippen LogP contribution in [0, 0.1) is 0 Å². The van der Waals surface area contributed by atoms with Crippen molar-refractivity contribution in [3.05, 3.63) is 28.4 Å². The summed E-state index contributed by atoms with van der Waals surface area (Å²) < 4.78 is 6.04. The smallest absolute Gasteiger partial charge is 0.356 e. The standard InChI is InChI=1S/C11H9BrN2O3S/c1-17-7-3-2-5(12)4-6(7)9-8(10(15)16)14-11(13)18-9/h2-4H,1H3,(H2,13,14)(H,15,16). The van der Waals surface area contributed by atoms with E-state index in [4.69, 9.17) is 15.6 Å². The highest BCUT2D eigenvalue weighted by atomic mass is 79.9. The predicted molar refractivity (Wildman–Crippen MR) is 73.2 cm³/mol. The zero-order valence-electron chi connectivity index (χ0n) is 9.31. The first-order chi connectivity index (χ1) is 8.52. The minimum Gasteiger partial charge on any atom is -0.496 e. The molecule has 7 heteroatoms. The van der Waals surface area contributed by atoms with E-state index < -0.39 is 5.97 Å². The van der Waals surface area contributed by atoms with Crippen LogP contribution in [0.4, 0.5) is 5.13 Å². The Morgan fingerprint density at radius 1 is 1.56 bits per heavy atom. The quantitative estimate of drug-likeness (QED) is 0.904. The maximum absolute atomic E-state index is 11.1. The molecule has 0 aliphatic rings. The van der Waals surface area contributed by atoms with Gasteiger partial charge in [0.1, 0.15) is 5.75 Å². The zero-order chi connectivity index (χ0) is 13.3. The summed E-state index contributed by atoms with van der Waals surface area (Å²) in [7, 11) is 1.53. The van der Waals surface area contributed by atoms with Crippen LogP contribution >= 0.6 is 27.3 Å². The van der Waals surface area contributed by atoms with E-state index in [1.807, 2.05) is 6.07 Å². The molecule has 0 amide bonds. The molecule has 3 N–H and O–H groups in total. The van der Waals surface area contributed by atoms with Crippen molar-refractivity contribution in [2.45, 2.75) is 0 Å². The first-order valence-corrected chi connectivity index (χ1v) is 6.47. The molecule has 1 heterocycles. The molecule has 2 rings (SSSR count). The first-order valence-electron chi connectivity index (χ1n) is 4.86. The Balaban J connectivity index is 2.68. The number of ether oxygens (including phenoxy) is 1. The number of carbonyl (C=O) groups is 1. The second kappa shape index (κ2) is 4.95. The number of hydrogen-bond acceptors (Lipinski definition) is 5. The fraction of sp³-hybridized carbons (Fsp3) is 0.0909. The lowest BCUT2D eigenvalue weighted by molar-refractivity contribution is 0.0692. The van der Waals surface area contributed by atoms with E-state index in [1.165, 1.54) is 7.11 Å². The fourth-order valence-electron chi connectivity index (χ4n) is 1.52. The summed E-state index contributed by atoms with van der Waals surface area (Å²) in [4.78, 5) is 15.4. The molecule has 1 aromatic carbocycles. The third-order valence-corrected chi connectivity index (χ3v) is 3.66. The number of nitrogens with zero attached hydrogens (tertiary/aromatic N) is 1. The van der Waals surface area contributed by atoms with Crippen molar-refractivity contribution >= 4 is 38.4 Å². The van der Waals surface area contributed by atoms with Crippen molar-refractivity contribution in [3.8, 4) is 16.2 Å². The van der Waals surface area contributed by atoms with Crippen molar-refractivity contribution in [3.63, 3.8) is 0 Å². The number of aromatic nitrogens is 1. The number of carboxylic acids is 1. The van der Waals surface area contributed by atoms with Gasteiger partial charge in [-0.1, -0.05) is 27.3 Å². The van der Waals surface area contributed by atoms with Crippen molar-refractivity contribution in [1.82, 2.24) is 4.98 Å². The van der Waals surface area contributed by atoms with E-state index in [9.17, 15) is 4.79 Å². The SMILES string of the molecule is COc1ccc(Br)cc1-c1sc(N)nc1C(=O)O. The highest BCUT2D eigenvalue weighted by Gasteiger charge is 2.20. The number of nitrogens with two attached hydrogens (primary N) is 1. The second-order valence-corrected chi connectivity index (χ2v) is 5.33. The number of benzene rings is 1. The number of aromatic carboxylic acids is 1. The van der Waals surface area contributed by atoms with Gasteiger partial charge in [0.2, 0.25) is 0 Å². The molecule has 0 unspecified atom stereocenters. The van der Waals surface area contributed by atoms with Crippen LogP contribution in [0.25, 0.3) is 10.4 Å². The third-order valence-electron chi connectivity index (χ3n) is 2.25. The van der Waals surface area contributed by atoms with Crippen LogP contribution in [0.3, 0.4) is 0 Å². The Bertz CT molecular complexity index is 612. The molecule has 0 radical (unpaired) electrons. The molecule has 0 aliphatic heterocycles. The number of halogens is 1. The summed E-state index contributed by atoms with van der Waals surface area (Å²) in [5.74, 6) is -0.538. The number of thiazole rings is 1. The molecule has 0 saturated heterocycles. The number of methoxy groups -OCH3 is 1. The molecule has 0 spiro atoms. The summed E-state index contributed by atoms with van der Waals surface area (Å²) in [6.07, 6.45) is 0. The monoisotopic (exact) mass is 328 g/mol. The minimum absolute atomic E-state index is 0.0612. The van der Waals surface area contributed by atoms with Crippen LogP contribution in [0.1, 0.15) is 10.5 Å². The minimum atomic E-state index is -1.11. The van der Waals surface area contributed by atoms with Gasteiger partial charge in [0, 0.05) is 10.0 Å². The van der Waals surface area contributed by atoms with Crippen molar-refractivity contribution in [2.24, 2.45) is 0 Å². The normalized spacial score (nSPS) is 10.3. The van der Waals surface area contributed by atoms with Gasteiger partial charge in [0.05, 0.1) is 12.0 Å². The molecule has 18 heavy (non-hydrogen) atoms. The van der Waals surface area contributed by atoms with E-state index in [0.29, 0.717) is 16.2 Å². The molecule has 0 bridgehead atoms. The largest absolute Gasteiger partial charge is 0.496 e. The average molecular weight is 329 g/mol. The summed E-state index contributed by atoms with van der Waals surface area (Å²) in [5, 5.41) is 9.32. The molecular weight excluding hydrogens is 320 g/mol. The molecule has 2 aromatic rings. The van der Waals surface area contributed by atoms with E-state index in [1.54, 1.807) is 12.1 Å². The van der Waals surface area contributed by atoms with Gasteiger partial charge in [-0.2, -0.15) is 0 Å². The van der Waals surface area contributed by atoms with Gasteiger partial charge in [0.25, 0.3) is 0 Å². The summed E-state index contributed by atoms with van der Waals surface area (Å²) in [5.41, 5.74) is 6.17. The summed E-state index contributed by atoms with van der Waals surface area (Å²) in [6, 6.07) is 5.34. The number of rotatable bonds is 3. The highest BCUT2D eigenvalue weighted by Crippen LogP contribution is 2.39. The lowest BCUT2D eigenvalue weighted by atomic mass is 10.1. The van der Waals surface area contributed by atoms with E-state index in [0.717, 1.165) is 15.8 Å². The van der Waals surface area contributed by atoms with Gasteiger partial charge < -0.3 is 15.6 Å². The Morgan fingerprint density at radius 2 is 2.28 bits per heavy atom. The van der Waals surface area contributed by atoms with Crippen LogP contribution in [0.5, 0.6) is 5.75 Å². The van der Waals surface area contributed by atoms with Crippen LogP contribution < -0.4 is 10.5 Å². The second-order valence-electron chi connectivity index (χ2n) is 3.38. The van der Waals surface area contributed by atoms with Gasteiger partial charge in [-0.25, -0.2) is 9.78 Å². The molecule has 94 valence electrons. The maximum atomic E-state index is 11.1. The summed E-state index contributed by atoms with van der Waals surface area (Å²) in [6.45, 7) is 0. The number of anilines is 1. The van der Waals surface area contributed by atoms with Crippen molar-refractivity contribution in [1.29, 1.82) is 0 Å². The van der Waals surface area contributed by atoms with E-state index >= 15 is 0 Å². The topological polar surface area (TPSA) is 85.4 Å². The Labute approximate surface area is 115 Å². The molecule has 0 fully saturated rings. The van der Waals surface area contributed by atoms with Gasteiger partial charge in [-0.3, -0.25) is 0 Å². The molecule has 0 aliphatic carbocycles. The molecular formula is C11H9BrN2O3S. The summed E-state index contributed by atoms with van der Waals surface area (Å²) >= 11 is 4.46. The van der Waals surface area contributed by atoms with Gasteiger partial charge >= 0.3 is 5.97 Å². The zero-order valence-corrected chi connectivity index (χ0v) is 11.7. The highest BCUT2D eigenvalue weighted by molar-refractivity contribution is 9.10. The van der Waals surface area contributed by atoms with Crippen LogP contribution in [-0.2, 0) is 0 Å². The van der Waals surface area contributed by atoms with Gasteiger partial charge in [0.15, 0.2) is 10.8 Å². The lowest BCUT2D eigenvalue weighted by Gasteiger charge is -2.07. The lowest BCUT2D eigenvalue weighted by Crippen LogP contribution is -2.00. The first kappa shape index (κ1) is 12.8. The van der Waals surface area contributed by atoms with Crippen LogP contribution in [0.2, 0.25) is 0 Å². The Kier molecular flexibility index (Phi) is 3.53. The number of hydrogen-bond donors (Lipinski definition) is 2. The maximum Gasteiger partial charge on any atom is 0.356 e. The van der Waals surface area contributed by atoms with E-state index in [2.05, 4.69) is 20.9 Å². The molecule has 0 atom stereocenters. The van der Waals surface area contributed by atoms with Crippen LogP contribution in [-0.4, -0.2) is 23.2 Å². The Hall–Kier alpha value is -1.60. The number of nitrogen functional groups attached to an aromatic ring is 1. The molecule has 0 saturated carbocycles.